The van der Waals surface area contributed by atoms with E-state index in [1.165, 1.54) is 12.2 Å². The summed E-state index contributed by atoms with van der Waals surface area (Å²) in [5.41, 5.74) is 0. The Morgan fingerprint density at radius 2 is 2.41 bits per heavy atom. The largest absolute Gasteiger partial charge is 0.460 e. The molecule has 0 N–H and O–H groups in total. The quantitative estimate of drug-likeness (QED) is 0.763. The molecule has 1 fully saturated rings. The van der Waals surface area contributed by atoms with Gasteiger partial charge in [-0.25, -0.2) is 4.79 Å². The van der Waals surface area contributed by atoms with E-state index in [0.717, 1.165) is 18.1 Å². The van der Waals surface area contributed by atoms with Gasteiger partial charge in [-0.15, -0.1) is 10.2 Å². The number of nitrogens with zero attached hydrogens (tertiary/aromatic N) is 3. The number of carbonyl (C=O) groups is 1. The van der Waals surface area contributed by atoms with E-state index in [-0.39, 0.29) is 5.97 Å². The van der Waals surface area contributed by atoms with Crippen LogP contribution in [0.3, 0.4) is 0 Å². The van der Waals surface area contributed by atoms with Crippen LogP contribution in [0.4, 0.5) is 0 Å². The third kappa shape index (κ3) is 2.80. The summed E-state index contributed by atoms with van der Waals surface area (Å²) in [6.07, 6.45) is 1.20. The topological polar surface area (TPSA) is 57.0 Å². The molecule has 0 aliphatic carbocycles. The molecule has 1 aromatic rings. The van der Waals surface area contributed by atoms with Crippen LogP contribution in [0, 0.1) is 12.8 Å². The van der Waals surface area contributed by atoms with Crippen LogP contribution in [0.5, 0.6) is 0 Å². The molecular formula is C11H17N3O2S. The van der Waals surface area contributed by atoms with Gasteiger partial charge in [0, 0.05) is 6.54 Å². The molecule has 2 heterocycles. The van der Waals surface area contributed by atoms with E-state index in [1.54, 1.807) is 6.92 Å². The maximum atomic E-state index is 11.7. The summed E-state index contributed by atoms with van der Waals surface area (Å²) in [7, 11) is 0. The molecule has 1 aliphatic heterocycles. The Morgan fingerprint density at radius 3 is 3.06 bits per heavy atom. The monoisotopic (exact) mass is 255 g/mol. The highest BCUT2D eigenvalue weighted by molar-refractivity contribution is 7.99. The molecule has 94 valence electrons. The van der Waals surface area contributed by atoms with Crippen molar-refractivity contribution in [2.24, 2.45) is 5.92 Å². The lowest BCUT2D eigenvalue weighted by atomic mass is 10.1. The second kappa shape index (κ2) is 5.53. The number of hydrogen-bond donors (Lipinski definition) is 0. The van der Waals surface area contributed by atoms with E-state index >= 15 is 0 Å². The van der Waals surface area contributed by atoms with Crippen molar-refractivity contribution in [3.63, 3.8) is 0 Å². The van der Waals surface area contributed by atoms with E-state index in [9.17, 15) is 4.79 Å². The summed E-state index contributed by atoms with van der Waals surface area (Å²) in [4.78, 5) is 11.7. The normalized spacial score (nSPS) is 19.5. The molecule has 0 amide bonds. The minimum absolute atomic E-state index is 0.334. The number of carbonyl (C=O) groups excluding carboxylic acids is 1. The SMILES string of the molecule is CCOC(=O)c1nnc(C)n1CC1CCSC1. The zero-order chi connectivity index (χ0) is 12.3. The fourth-order valence-corrected chi connectivity index (χ4v) is 3.20. The molecule has 2 rings (SSSR count). The number of thioether (sulfide) groups is 1. The number of aromatic nitrogens is 3. The smallest absolute Gasteiger partial charge is 0.376 e. The summed E-state index contributed by atoms with van der Waals surface area (Å²) in [6.45, 7) is 4.85. The number of esters is 1. The molecule has 5 nitrogen and oxygen atoms in total. The van der Waals surface area contributed by atoms with Crippen LogP contribution in [0.2, 0.25) is 0 Å². The van der Waals surface area contributed by atoms with Crippen LogP contribution in [0.1, 0.15) is 29.8 Å². The van der Waals surface area contributed by atoms with Gasteiger partial charge in [-0.05, 0) is 37.7 Å². The molecule has 1 unspecified atom stereocenters. The van der Waals surface area contributed by atoms with Gasteiger partial charge in [0.15, 0.2) is 0 Å². The molecule has 6 heteroatoms. The molecule has 1 aliphatic rings. The van der Waals surface area contributed by atoms with Crippen molar-refractivity contribution in [3.05, 3.63) is 11.6 Å². The van der Waals surface area contributed by atoms with Crippen molar-refractivity contribution in [1.82, 2.24) is 14.8 Å². The second-order valence-corrected chi connectivity index (χ2v) is 5.28. The fourth-order valence-electron chi connectivity index (χ4n) is 1.93. The predicted octanol–water partition coefficient (Wildman–Crippen LogP) is 1.52. The van der Waals surface area contributed by atoms with E-state index < -0.39 is 0 Å². The van der Waals surface area contributed by atoms with Crippen molar-refractivity contribution in [3.8, 4) is 0 Å². The van der Waals surface area contributed by atoms with Gasteiger partial charge in [0.1, 0.15) is 5.82 Å². The van der Waals surface area contributed by atoms with Crippen LogP contribution < -0.4 is 0 Å². The van der Waals surface area contributed by atoms with Gasteiger partial charge in [0.25, 0.3) is 0 Å². The maximum absolute atomic E-state index is 11.7. The minimum Gasteiger partial charge on any atom is -0.460 e. The summed E-state index contributed by atoms with van der Waals surface area (Å²) in [6, 6.07) is 0. The van der Waals surface area contributed by atoms with Crippen molar-refractivity contribution >= 4 is 17.7 Å². The molecule has 1 saturated heterocycles. The van der Waals surface area contributed by atoms with E-state index in [0.29, 0.717) is 18.3 Å². The van der Waals surface area contributed by atoms with Gasteiger partial charge in [-0.3, -0.25) is 0 Å². The molecule has 0 saturated carbocycles. The molecule has 0 aromatic carbocycles. The predicted molar refractivity (Wildman–Crippen MR) is 66.1 cm³/mol. The zero-order valence-electron chi connectivity index (χ0n) is 10.2. The van der Waals surface area contributed by atoms with Crippen LogP contribution >= 0.6 is 11.8 Å². The van der Waals surface area contributed by atoms with Crippen molar-refractivity contribution in [2.45, 2.75) is 26.8 Å². The fraction of sp³-hybridized carbons (Fsp3) is 0.727. The lowest BCUT2D eigenvalue weighted by Gasteiger charge is -2.12. The molecule has 17 heavy (non-hydrogen) atoms. The highest BCUT2D eigenvalue weighted by Gasteiger charge is 2.22. The Bertz CT molecular complexity index is 399. The molecule has 1 atom stereocenters. The van der Waals surface area contributed by atoms with Crippen LogP contribution in [0.15, 0.2) is 0 Å². The highest BCUT2D eigenvalue weighted by Crippen LogP contribution is 2.25. The van der Waals surface area contributed by atoms with Gasteiger partial charge in [-0.2, -0.15) is 11.8 Å². The van der Waals surface area contributed by atoms with E-state index in [2.05, 4.69) is 10.2 Å². The first-order valence-corrected chi connectivity index (χ1v) is 7.02. The van der Waals surface area contributed by atoms with Gasteiger partial charge in [0.05, 0.1) is 6.61 Å². The van der Waals surface area contributed by atoms with Crippen molar-refractivity contribution < 1.29 is 9.53 Å². The second-order valence-electron chi connectivity index (χ2n) is 4.13. The Hall–Kier alpha value is -1.04. The van der Waals surface area contributed by atoms with Gasteiger partial charge in [-0.1, -0.05) is 0 Å². The maximum Gasteiger partial charge on any atom is 0.376 e. The van der Waals surface area contributed by atoms with Crippen LogP contribution in [-0.4, -0.2) is 38.8 Å². The summed E-state index contributed by atoms with van der Waals surface area (Å²) in [5.74, 6) is 3.72. The minimum atomic E-state index is -0.376. The van der Waals surface area contributed by atoms with Crippen LogP contribution in [0.25, 0.3) is 0 Å². The van der Waals surface area contributed by atoms with E-state index in [1.807, 2.05) is 23.3 Å². The molecule has 0 spiro atoms. The molecular weight excluding hydrogens is 238 g/mol. The van der Waals surface area contributed by atoms with Crippen molar-refractivity contribution in [1.29, 1.82) is 0 Å². The first-order valence-electron chi connectivity index (χ1n) is 5.87. The summed E-state index contributed by atoms with van der Waals surface area (Å²) >= 11 is 1.96. The standard InChI is InChI=1S/C11H17N3O2S/c1-3-16-11(15)10-13-12-8(2)14(10)6-9-4-5-17-7-9/h9H,3-7H2,1-2H3. The molecule has 1 aromatic heterocycles. The van der Waals surface area contributed by atoms with Gasteiger partial charge >= 0.3 is 5.97 Å². The first kappa shape index (κ1) is 12.4. The average molecular weight is 255 g/mol. The van der Waals surface area contributed by atoms with Crippen LogP contribution in [-0.2, 0) is 11.3 Å². The lowest BCUT2D eigenvalue weighted by Crippen LogP contribution is -2.18. The van der Waals surface area contributed by atoms with Gasteiger partial charge in [0.2, 0.25) is 5.82 Å². The molecule has 0 bridgehead atoms. The Morgan fingerprint density at radius 1 is 1.59 bits per heavy atom. The first-order chi connectivity index (χ1) is 8.22. The Balaban J connectivity index is 2.13. The number of aryl methyl sites for hydroxylation is 1. The van der Waals surface area contributed by atoms with Gasteiger partial charge < -0.3 is 9.30 Å². The number of hydrogen-bond acceptors (Lipinski definition) is 5. The zero-order valence-corrected chi connectivity index (χ0v) is 11.0. The van der Waals surface area contributed by atoms with Crippen molar-refractivity contribution in [2.75, 3.05) is 18.1 Å². The molecule has 0 radical (unpaired) electrons. The Labute approximate surface area is 105 Å². The summed E-state index contributed by atoms with van der Waals surface area (Å²) < 4.78 is 6.86. The lowest BCUT2D eigenvalue weighted by molar-refractivity contribution is 0.0504. The highest BCUT2D eigenvalue weighted by atomic mass is 32.2. The number of ether oxygens (including phenoxy) is 1. The Kier molecular flexibility index (Phi) is 4.04. The summed E-state index contributed by atoms with van der Waals surface area (Å²) in [5, 5.41) is 7.88. The third-order valence-corrected chi connectivity index (χ3v) is 4.09. The third-order valence-electron chi connectivity index (χ3n) is 2.86. The number of rotatable bonds is 4. The van der Waals surface area contributed by atoms with E-state index in [4.69, 9.17) is 4.74 Å². The average Bonchev–Trinajstić information content (AvgIpc) is 2.91.